The van der Waals surface area contributed by atoms with Crippen LogP contribution >= 0.6 is 0 Å². The van der Waals surface area contributed by atoms with Crippen molar-refractivity contribution >= 4 is 0 Å². The van der Waals surface area contributed by atoms with Gasteiger partial charge in [-0.15, -0.1) is 10.2 Å². The van der Waals surface area contributed by atoms with Gasteiger partial charge in [0.15, 0.2) is 5.82 Å². The minimum atomic E-state index is -0.167. The largest absolute Gasteiger partial charge is 0.472 e. The third-order valence-corrected chi connectivity index (χ3v) is 3.21. The first-order valence-electron chi connectivity index (χ1n) is 6.93. The summed E-state index contributed by atoms with van der Waals surface area (Å²) in [7, 11) is 0. The van der Waals surface area contributed by atoms with Crippen molar-refractivity contribution in [3.05, 3.63) is 69.6 Å². The lowest BCUT2D eigenvalue weighted by Gasteiger charge is -2.06. The number of H-pyrrole nitrogens is 1. The number of aryl methyl sites for hydroxylation is 2. The molecular weight excluding hydrogens is 280 g/mol. The lowest BCUT2D eigenvalue weighted by atomic mass is 10.2. The first-order valence-corrected chi connectivity index (χ1v) is 6.93. The van der Waals surface area contributed by atoms with Crippen LogP contribution < -0.4 is 10.3 Å². The SMILES string of the molecule is Cc1ccc(COc2ccc(-n3[nH]c(C)cc3=O)nn2)cc1. The molecule has 0 aliphatic heterocycles. The van der Waals surface area contributed by atoms with Gasteiger partial charge in [-0.1, -0.05) is 29.8 Å². The van der Waals surface area contributed by atoms with E-state index in [9.17, 15) is 4.79 Å². The molecule has 2 heterocycles. The Hall–Kier alpha value is -2.89. The standard InChI is InChI=1S/C16H16N4O2/c1-11-3-5-13(6-4-11)10-22-15-8-7-14(17-18-15)20-16(21)9-12(2)19-20/h3-9,19H,10H2,1-2H3. The minimum absolute atomic E-state index is 0.167. The van der Waals surface area contributed by atoms with Gasteiger partial charge in [0.05, 0.1) is 0 Å². The van der Waals surface area contributed by atoms with E-state index < -0.39 is 0 Å². The molecule has 0 atom stereocenters. The summed E-state index contributed by atoms with van der Waals surface area (Å²) in [6, 6.07) is 13.0. The fraction of sp³-hybridized carbons (Fsp3) is 0.188. The second-order valence-electron chi connectivity index (χ2n) is 5.12. The molecule has 0 radical (unpaired) electrons. The maximum Gasteiger partial charge on any atom is 0.272 e. The van der Waals surface area contributed by atoms with Crippen molar-refractivity contribution in [1.82, 2.24) is 20.0 Å². The van der Waals surface area contributed by atoms with Crippen LogP contribution in [0.15, 0.2) is 47.3 Å². The topological polar surface area (TPSA) is 72.8 Å². The van der Waals surface area contributed by atoms with Gasteiger partial charge in [0.1, 0.15) is 6.61 Å². The molecule has 6 nitrogen and oxygen atoms in total. The molecule has 3 aromatic rings. The van der Waals surface area contributed by atoms with Crippen molar-refractivity contribution in [2.75, 3.05) is 0 Å². The third-order valence-electron chi connectivity index (χ3n) is 3.21. The summed E-state index contributed by atoms with van der Waals surface area (Å²) in [6.07, 6.45) is 0. The van der Waals surface area contributed by atoms with Crippen molar-refractivity contribution in [3.8, 4) is 11.7 Å². The van der Waals surface area contributed by atoms with Crippen LogP contribution in [0.2, 0.25) is 0 Å². The first-order chi connectivity index (χ1) is 10.6. The molecule has 22 heavy (non-hydrogen) atoms. The highest BCUT2D eigenvalue weighted by atomic mass is 16.5. The molecule has 3 rings (SSSR count). The van der Waals surface area contributed by atoms with Crippen LogP contribution in [0, 0.1) is 13.8 Å². The number of nitrogens with zero attached hydrogens (tertiary/aromatic N) is 3. The molecule has 0 fully saturated rings. The molecule has 0 spiro atoms. The maximum absolute atomic E-state index is 11.7. The Morgan fingerprint density at radius 2 is 1.86 bits per heavy atom. The number of ether oxygens (including phenoxy) is 1. The quantitative estimate of drug-likeness (QED) is 0.800. The van der Waals surface area contributed by atoms with E-state index in [1.807, 2.05) is 38.1 Å². The second-order valence-corrected chi connectivity index (χ2v) is 5.12. The van der Waals surface area contributed by atoms with Gasteiger partial charge in [0.25, 0.3) is 5.56 Å². The second kappa shape index (κ2) is 5.85. The van der Waals surface area contributed by atoms with Crippen molar-refractivity contribution in [2.45, 2.75) is 20.5 Å². The van der Waals surface area contributed by atoms with E-state index in [4.69, 9.17) is 4.74 Å². The maximum atomic E-state index is 11.7. The van der Waals surface area contributed by atoms with Crippen LogP contribution in [0.25, 0.3) is 5.82 Å². The molecule has 0 aliphatic rings. The van der Waals surface area contributed by atoms with Crippen LogP contribution in [0.3, 0.4) is 0 Å². The zero-order chi connectivity index (χ0) is 15.5. The van der Waals surface area contributed by atoms with E-state index in [1.165, 1.54) is 16.3 Å². The van der Waals surface area contributed by atoms with Crippen LogP contribution in [0.4, 0.5) is 0 Å². The number of aromatic amines is 1. The molecule has 0 aliphatic carbocycles. The Kier molecular flexibility index (Phi) is 3.74. The fourth-order valence-corrected chi connectivity index (χ4v) is 2.03. The Balaban J connectivity index is 1.70. The van der Waals surface area contributed by atoms with Crippen molar-refractivity contribution in [3.63, 3.8) is 0 Å². The van der Waals surface area contributed by atoms with Gasteiger partial charge in [0, 0.05) is 17.8 Å². The highest BCUT2D eigenvalue weighted by molar-refractivity contribution is 5.24. The summed E-state index contributed by atoms with van der Waals surface area (Å²) in [5, 5.41) is 10.9. The smallest absolute Gasteiger partial charge is 0.272 e. The minimum Gasteiger partial charge on any atom is -0.472 e. The molecule has 0 saturated carbocycles. The van der Waals surface area contributed by atoms with E-state index >= 15 is 0 Å². The predicted octanol–water partition coefficient (Wildman–Crippen LogP) is 2.15. The van der Waals surface area contributed by atoms with Gasteiger partial charge in [-0.3, -0.25) is 9.89 Å². The molecular formula is C16H16N4O2. The van der Waals surface area contributed by atoms with E-state index in [2.05, 4.69) is 15.3 Å². The van der Waals surface area contributed by atoms with Crippen LogP contribution in [-0.4, -0.2) is 20.0 Å². The van der Waals surface area contributed by atoms with Crippen molar-refractivity contribution < 1.29 is 4.74 Å². The molecule has 0 saturated heterocycles. The van der Waals surface area contributed by atoms with Crippen molar-refractivity contribution in [2.24, 2.45) is 0 Å². The van der Waals surface area contributed by atoms with Crippen molar-refractivity contribution in [1.29, 1.82) is 0 Å². The summed E-state index contributed by atoms with van der Waals surface area (Å²) in [4.78, 5) is 11.7. The van der Waals surface area contributed by atoms with Gasteiger partial charge < -0.3 is 4.74 Å². The normalized spacial score (nSPS) is 10.6. The zero-order valence-electron chi connectivity index (χ0n) is 12.4. The number of nitrogens with one attached hydrogen (secondary N) is 1. The molecule has 0 bridgehead atoms. The number of rotatable bonds is 4. The Bertz CT molecular complexity index is 817. The number of aromatic nitrogens is 4. The summed E-state index contributed by atoms with van der Waals surface area (Å²) in [6.45, 7) is 4.28. The number of benzene rings is 1. The Morgan fingerprint density at radius 1 is 1.09 bits per heavy atom. The van der Waals surface area contributed by atoms with E-state index in [-0.39, 0.29) is 5.56 Å². The predicted molar refractivity (Wildman–Crippen MR) is 82.2 cm³/mol. The molecule has 1 N–H and O–H groups in total. The van der Waals surface area contributed by atoms with Gasteiger partial charge >= 0.3 is 0 Å². The number of hydrogen-bond acceptors (Lipinski definition) is 4. The lowest BCUT2D eigenvalue weighted by Crippen LogP contribution is -2.15. The summed E-state index contributed by atoms with van der Waals surface area (Å²) in [5.41, 5.74) is 2.87. The van der Waals surface area contributed by atoms with E-state index in [0.29, 0.717) is 18.3 Å². The molecule has 1 aromatic carbocycles. The molecule has 0 amide bonds. The van der Waals surface area contributed by atoms with E-state index in [0.717, 1.165) is 11.3 Å². The summed E-state index contributed by atoms with van der Waals surface area (Å²) >= 11 is 0. The first kappa shape index (κ1) is 14.1. The molecule has 6 heteroatoms. The average Bonchev–Trinajstić information content (AvgIpc) is 2.86. The van der Waals surface area contributed by atoms with Gasteiger partial charge in [-0.25, -0.2) is 0 Å². The summed E-state index contributed by atoms with van der Waals surface area (Å²) < 4.78 is 6.93. The monoisotopic (exact) mass is 296 g/mol. The molecule has 2 aromatic heterocycles. The average molecular weight is 296 g/mol. The van der Waals surface area contributed by atoms with Gasteiger partial charge in [-0.2, -0.15) is 4.68 Å². The van der Waals surface area contributed by atoms with Gasteiger partial charge in [-0.05, 0) is 25.5 Å². The molecule has 0 unspecified atom stereocenters. The van der Waals surface area contributed by atoms with Crippen LogP contribution in [-0.2, 0) is 6.61 Å². The Morgan fingerprint density at radius 3 is 2.45 bits per heavy atom. The fourth-order valence-electron chi connectivity index (χ4n) is 2.03. The van der Waals surface area contributed by atoms with Gasteiger partial charge in [0.2, 0.25) is 5.88 Å². The van der Waals surface area contributed by atoms with E-state index in [1.54, 1.807) is 12.1 Å². The number of hydrogen-bond donors (Lipinski definition) is 1. The highest BCUT2D eigenvalue weighted by Crippen LogP contribution is 2.10. The zero-order valence-corrected chi connectivity index (χ0v) is 12.4. The summed E-state index contributed by atoms with van der Waals surface area (Å²) in [5.74, 6) is 0.849. The highest BCUT2D eigenvalue weighted by Gasteiger charge is 2.05. The van der Waals surface area contributed by atoms with Crippen LogP contribution in [0.5, 0.6) is 5.88 Å². The third kappa shape index (κ3) is 3.06. The Labute approximate surface area is 127 Å². The van der Waals surface area contributed by atoms with Crippen LogP contribution in [0.1, 0.15) is 16.8 Å². The lowest BCUT2D eigenvalue weighted by molar-refractivity contribution is 0.290. The molecule has 112 valence electrons.